The molecule has 4 aromatic rings. The quantitative estimate of drug-likeness (QED) is 0.276. The van der Waals surface area contributed by atoms with E-state index in [1.165, 1.54) is 29.1 Å². The molecule has 204 valence electrons. The van der Waals surface area contributed by atoms with Gasteiger partial charge < -0.3 is 10.5 Å². The fraction of sp³-hybridized carbons (Fsp3) is 0.200. The first-order chi connectivity index (χ1) is 19.1. The number of Topliss-reactive ketones (excluding diaryl/α,β-unsaturated/α-hetero) is 1. The Kier molecular flexibility index (Phi) is 6.29. The number of carbonyl (C=O) groups excluding carboxylic acids is 1. The highest BCUT2D eigenvalue weighted by Crippen LogP contribution is 2.35. The molecule has 1 fully saturated rings. The van der Waals surface area contributed by atoms with Gasteiger partial charge in [0.05, 0.1) is 28.5 Å². The Morgan fingerprint density at radius 1 is 1.10 bits per heavy atom. The molecule has 2 aliphatic rings. The van der Waals surface area contributed by atoms with Crippen LogP contribution in [0.2, 0.25) is 0 Å². The maximum atomic E-state index is 14.7. The van der Waals surface area contributed by atoms with Gasteiger partial charge in [0, 0.05) is 17.6 Å². The molecule has 40 heavy (non-hydrogen) atoms. The summed E-state index contributed by atoms with van der Waals surface area (Å²) in [5.41, 5.74) is 9.67. The van der Waals surface area contributed by atoms with E-state index in [4.69, 9.17) is 10.5 Å². The molecule has 1 saturated carbocycles. The Bertz CT molecular complexity index is 1820. The van der Waals surface area contributed by atoms with Crippen LogP contribution in [0.25, 0.3) is 11.8 Å². The predicted octanol–water partition coefficient (Wildman–Crippen LogP) is 5.73. The normalized spacial score (nSPS) is 14.6. The SMILES string of the molecule is Cc1cc(Oc2ccccc2F)ccc1-n1ncc(C(=O)C2=Cc3cc(F)c(CS(=O)(=O)C4CC4)cc3C2)c1N. The molecule has 0 atom stereocenters. The zero-order chi connectivity index (χ0) is 28.2. The smallest absolute Gasteiger partial charge is 0.194 e. The van der Waals surface area contributed by atoms with Gasteiger partial charge in [0.1, 0.15) is 17.4 Å². The molecule has 0 radical (unpaired) electrons. The third-order valence-electron chi connectivity index (χ3n) is 7.21. The second-order valence-electron chi connectivity index (χ2n) is 10.2. The summed E-state index contributed by atoms with van der Waals surface area (Å²) in [5.74, 6) is -1.10. The average Bonchev–Trinajstić information content (AvgIpc) is 3.61. The van der Waals surface area contributed by atoms with Crippen molar-refractivity contribution in [2.45, 2.75) is 37.2 Å². The third-order valence-corrected chi connectivity index (χ3v) is 9.41. The Hall–Kier alpha value is -4.31. The molecule has 10 heteroatoms. The van der Waals surface area contributed by atoms with Gasteiger partial charge in [0.15, 0.2) is 27.2 Å². The van der Waals surface area contributed by atoms with Crippen LogP contribution in [0, 0.1) is 18.6 Å². The van der Waals surface area contributed by atoms with Crippen molar-refractivity contribution in [3.8, 4) is 17.2 Å². The molecule has 7 nitrogen and oxygen atoms in total. The number of ether oxygens (including phenoxy) is 1. The van der Waals surface area contributed by atoms with E-state index < -0.39 is 21.5 Å². The van der Waals surface area contributed by atoms with Crippen molar-refractivity contribution in [3.05, 3.63) is 106 Å². The van der Waals surface area contributed by atoms with Crippen LogP contribution in [-0.2, 0) is 22.0 Å². The number of rotatable bonds is 8. The summed E-state index contributed by atoms with van der Waals surface area (Å²) in [6, 6.07) is 14.0. The Morgan fingerprint density at radius 2 is 1.88 bits per heavy atom. The Morgan fingerprint density at radius 3 is 2.60 bits per heavy atom. The lowest BCUT2D eigenvalue weighted by molar-refractivity contribution is 0.103. The van der Waals surface area contributed by atoms with Crippen molar-refractivity contribution in [2.75, 3.05) is 5.73 Å². The molecule has 1 heterocycles. The molecular weight excluding hydrogens is 536 g/mol. The number of benzene rings is 3. The number of allylic oxidation sites excluding steroid dienone is 1. The number of fused-ring (bicyclic) bond motifs is 1. The van der Waals surface area contributed by atoms with Gasteiger partial charge in [-0.3, -0.25) is 4.79 Å². The van der Waals surface area contributed by atoms with E-state index in [0.717, 1.165) is 5.56 Å². The van der Waals surface area contributed by atoms with Crippen LogP contribution in [0.3, 0.4) is 0 Å². The average molecular weight is 562 g/mol. The maximum absolute atomic E-state index is 14.7. The lowest BCUT2D eigenvalue weighted by Gasteiger charge is -2.12. The standard InChI is InChI=1S/C30H25F2N3O4S/c1-17-10-22(39-28-5-3-2-4-25(28)31)6-9-27(17)35-30(33)24(15-34-35)29(36)20-11-18-13-21(26(32)14-19(18)12-20)16-40(37,38)23-7-8-23/h2-6,9-10,12-15,23H,7-8,11,16,33H2,1H3. The maximum Gasteiger partial charge on any atom is 0.194 e. The Labute approximate surface area is 229 Å². The minimum Gasteiger partial charge on any atom is -0.454 e. The van der Waals surface area contributed by atoms with Crippen molar-refractivity contribution in [3.63, 3.8) is 0 Å². The predicted molar refractivity (Wildman–Crippen MR) is 147 cm³/mol. The van der Waals surface area contributed by atoms with E-state index in [1.54, 1.807) is 42.5 Å². The highest BCUT2D eigenvalue weighted by Gasteiger charge is 2.36. The number of aromatic nitrogens is 2. The van der Waals surface area contributed by atoms with Crippen LogP contribution in [0.5, 0.6) is 11.5 Å². The van der Waals surface area contributed by atoms with Gasteiger partial charge in [0.25, 0.3) is 0 Å². The summed E-state index contributed by atoms with van der Waals surface area (Å²) in [6.45, 7) is 1.82. The van der Waals surface area contributed by atoms with Crippen LogP contribution in [0.15, 0.2) is 66.4 Å². The van der Waals surface area contributed by atoms with Gasteiger partial charge in [-0.25, -0.2) is 21.9 Å². The van der Waals surface area contributed by atoms with Crippen LogP contribution in [0.4, 0.5) is 14.6 Å². The fourth-order valence-corrected chi connectivity index (χ4v) is 6.66. The summed E-state index contributed by atoms with van der Waals surface area (Å²) >= 11 is 0. The van der Waals surface area contributed by atoms with Gasteiger partial charge in [-0.05, 0) is 78.9 Å². The number of sulfone groups is 1. The number of ketones is 1. The molecule has 0 bridgehead atoms. The summed E-state index contributed by atoms with van der Waals surface area (Å²) in [5, 5.41) is 3.94. The number of hydrogen-bond donors (Lipinski definition) is 1. The number of nitrogen functional groups attached to an aromatic ring is 1. The highest BCUT2D eigenvalue weighted by atomic mass is 32.2. The topological polar surface area (TPSA) is 104 Å². The van der Waals surface area contributed by atoms with Crippen molar-refractivity contribution in [2.24, 2.45) is 0 Å². The lowest BCUT2D eigenvalue weighted by atomic mass is 10.0. The van der Waals surface area contributed by atoms with Crippen molar-refractivity contribution in [1.82, 2.24) is 9.78 Å². The van der Waals surface area contributed by atoms with Crippen LogP contribution in [-0.4, -0.2) is 29.2 Å². The van der Waals surface area contributed by atoms with Crippen LogP contribution < -0.4 is 10.5 Å². The highest BCUT2D eigenvalue weighted by molar-refractivity contribution is 7.91. The van der Waals surface area contributed by atoms with E-state index in [-0.39, 0.29) is 45.9 Å². The van der Waals surface area contributed by atoms with Gasteiger partial charge >= 0.3 is 0 Å². The summed E-state index contributed by atoms with van der Waals surface area (Å²) in [4.78, 5) is 13.4. The van der Waals surface area contributed by atoms with E-state index in [0.29, 0.717) is 41.0 Å². The number of halogens is 2. The molecule has 0 saturated heterocycles. The van der Waals surface area contributed by atoms with Gasteiger partial charge in [-0.2, -0.15) is 5.10 Å². The zero-order valence-corrected chi connectivity index (χ0v) is 22.3. The van der Waals surface area contributed by atoms with E-state index in [1.807, 2.05) is 6.92 Å². The number of carbonyl (C=O) groups is 1. The number of hydrogen-bond acceptors (Lipinski definition) is 6. The molecule has 2 aliphatic carbocycles. The van der Waals surface area contributed by atoms with Crippen molar-refractivity contribution < 1.29 is 26.7 Å². The van der Waals surface area contributed by atoms with Crippen molar-refractivity contribution >= 4 is 27.5 Å². The van der Waals surface area contributed by atoms with Gasteiger partial charge in [-0.15, -0.1) is 0 Å². The fourth-order valence-electron chi connectivity index (χ4n) is 4.92. The molecular formula is C30H25F2N3O4S. The van der Waals surface area contributed by atoms with E-state index in [2.05, 4.69) is 5.10 Å². The molecule has 2 N–H and O–H groups in total. The second-order valence-corrected chi connectivity index (χ2v) is 12.4. The minimum atomic E-state index is -3.38. The number of nitrogens with two attached hydrogens (primary N) is 1. The molecule has 0 unspecified atom stereocenters. The second kappa shape index (κ2) is 9.71. The first kappa shape index (κ1) is 25.9. The molecule has 3 aromatic carbocycles. The van der Waals surface area contributed by atoms with Crippen molar-refractivity contribution in [1.29, 1.82) is 0 Å². The largest absolute Gasteiger partial charge is 0.454 e. The van der Waals surface area contributed by atoms with Gasteiger partial charge in [-0.1, -0.05) is 18.2 Å². The Balaban J connectivity index is 1.21. The number of nitrogens with zero attached hydrogens (tertiary/aromatic N) is 2. The van der Waals surface area contributed by atoms with E-state index >= 15 is 0 Å². The molecule has 1 aromatic heterocycles. The zero-order valence-electron chi connectivity index (χ0n) is 21.5. The third kappa shape index (κ3) is 4.79. The summed E-state index contributed by atoms with van der Waals surface area (Å²) in [6.07, 6.45) is 4.47. The first-order valence-electron chi connectivity index (χ1n) is 12.8. The summed E-state index contributed by atoms with van der Waals surface area (Å²) < 4.78 is 60.6. The molecule has 0 aliphatic heterocycles. The first-order valence-corrected chi connectivity index (χ1v) is 14.5. The number of para-hydroxylation sites is 1. The number of aryl methyl sites for hydroxylation is 1. The molecule has 0 spiro atoms. The van der Waals surface area contributed by atoms with Crippen LogP contribution in [0.1, 0.15) is 45.5 Å². The van der Waals surface area contributed by atoms with Gasteiger partial charge in [0.2, 0.25) is 0 Å². The lowest BCUT2D eigenvalue weighted by Crippen LogP contribution is -2.11. The minimum absolute atomic E-state index is 0.100. The monoisotopic (exact) mass is 561 g/mol. The van der Waals surface area contributed by atoms with Crippen LogP contribution >= 0.6 is 0 Å². The molecule has 6 rings (SSSR count). The number of anilines is 1. The molecule has 0 amide bonds. The summed E-state index contributed by atoms with van der Waals surface area (Å²) in [7, 11) is -3.38. The van der Waals surface area contributed by atoms with E-state index in [9.17, 15) is 22.0 Å².